The SMILES string of the molecule is CC(NC(=O)C1CCCCN1)c1ccc(F)cc1F. The summed E-state index contributed by atoms with van der Waals surface area (Å²) in [6.45, 7) is 2.52. The third kappa shape index (κ3) is 3.50. The lowest BCUT2D eigenvalue weighted by Crippen LogP contribution is -2.47. The predicted octanol–water partition coefficient (Wildman–Crippen LogP) is 2.28. The van der Waals surface area contributed by atoms with Crippen molar-refractivity contribution in [3.8, 4) is 0 Å². The summed E-state index contributed by atoms with van der Waals surface area (Å²) in [5, 5.41) is 5.90. The molecule has 5 heteroatoms. The van der Waals surface area contributed by atoms with Gasteiger partial charge < -0.3 is 10.6 Å². The Hall–Kier alpha value is -1.49. The zero-order valence-corrected chi connectivity index (χ0v) is 10.9. The van der Waals surface area contributed by atoms with E-state index in [0.717, 1.165) is 31.9 Å². The lowest BCUT2D eigenvalue weighted by atomic mass is 10.0. The van der Waals surface area contributed by atoms with Crippen LogP contribution in [0.15, 0.2) is 18.2 Å². The predicted molar refractivity (Wildman–Crippen MR) is 68.6 cm³/mol. The molecule has 104 valence electrons. The molecule has 0 saturated carbocycles. The van der Waals surface area contributed by atoms with Gasteiger partial charge in [-0.3, -0.25) is 4.79 Å². The van der Waals surface area contributed by atoms with Crippen LogP contribution in [0.5, 0.6) is 0 Å². The fourth-order valence-corrected chi connectivity index (χ4v) is 2.32. The summed E-state index contributed by atoms with van der Waals surface area (Å²) in [6, 6.07) is 2.71. The standard InChI is InChI=1S/C14H18F2N2O/c1-9(11-6-5-10(15)8-12(11)16)18-14(19)13-4-2-3-7-17-13/h5-6,8-9,13,17H,2-4,7H2,1H3,(H,18,19). The van der Waals surface area contributed by atoms with E-state index in [1.54, 1.807) is 6.92 Å². The van der Waals surface area contributed by atoms with Crippen molar-refractivity contribution in [2.24, 2.45) is 0 Å². The van der Waals surface area contributed by atoms with Gasteiger partial charge in [-0.1, -0.05) is 12.5 Å². The first-order chi connectivity index (χ1) is 9.08. The first-order valence-corrected chi connectivity index (χ1v) is 6.56. The topological polar surface area (TPSA) is 41.1 Å². The van der Waals surface area contributed by atoms with Crippen molar-refractivity contribution in [2.75, 3.05) is 6.54 Å². The normalized spacial score (nSPS) is 20.9. The lowest BCUT2D eigenvalue weighted by Gasteiger charge is -2.24. The number of carbonyl (C=O) groups excluding carboxylic acids is 1. The van der Waals surface area contributed by atoms with Gasteiger partial charge in [0.2, 0.25) is 5.91 Å². The Morgan fingerprint density at radius 1 is 1.42 bits per heavy atom. The molecule has 3 nitrogen and oxygen atoms in total. The minimum Gasteiger partial charge on any atom is -0.348 e. The van der Waals surface area contributed by atoms with Crippen LogP contribution in [-0.2, 0) is 4.79 Å². The fraction of sp³-hybridized carbons (Fsp3) is 0.500. The Morgan fingerprint density at radius 3 is 2.84 bits per heavy atom. The molecule has 0 aliphatic carbocycles. The highest BCUT2D eigenvalue weighted by Crippen LogP contribution is 2.18. The molecule has 1 fully saturated rings. The van der Waals surface area contributed by atoms with Crippen molar-refractivity contribution < 1.29 is 13.6 Å². The van der Waals surface area contributed by atoms with Gasteiger partial charge in [0.25, 0.3) is 0 Å². The molecule has 0 bridgehead atoms. The Bertz CT molecular complexity index is 459. The maximum absolute atomic E-state index is 13.6. The molecule has 2 rings (SSSR count). The molecule has 2 atom stereocenters. The van der Waals surface area contributed by atoms with E-state index in [4.69, 9.17) is 0 Å². The Morgan fingerprint density at radius 2 is 2.21 bits per heavy atom. The molecule has 19 heavy (non-hydrogen) atoms. The van der Waals surface area contributed by atoms with Crippen LogP contribution in [0.1, 0.15) is 37.8 Å². The van der Waals surface area contributed by atoms with Crippen LogP contribution in [0.4, 0.5) is 8.78 Å². The van der Waals surface area contributed by atoms with E-state index in [2.05, 4.69) is 10.6 Å². The van der Waals surface area contributed by atoms with Gasteiger partial charge in [-0.05, 0) is 32.4 Å². The first-order valence-electron chi connectivity index (χ1n) is 6.56. The van der Waals surface area contributed by atoms with E-state index < -0.39 is 17.7 Å². The first kappa shape index (κ1) is 13.9. The van der Waals surface area contributed by atoms with Gasteiger partial charge in [0.15, 0.2) is 0 Å². The third-order valence-electron chi connectivity index (χ3n) is 3.41. The molecule has 2 N–H and O–H groups in total. The summed E-state index contributed by atoms with van der Waals surface area (Å²) < 4.78 is 26.4. The van der Waals surface area contributed by atoms with Crippen LogP contribution in [0.25, 0.3) is 0 Å². The minimum atomic E-state index is -0.635. The Labute approximate surface area is 111 Å². The van der Waals surface area contributed by atoms with E-state index in [-0.39, 0.29) is 11.9 Å². The molecule has 1 aliphatic rings. The van der Waals surface area contributed by atoms with Gasteiger partial charge in [0, 0.05) is 11.6 Å². The second-order valence-corrected chi connectivity index (χ2v) is 4.90. The second kappa shape index (κ2) is 6.10. The second-order valence-electron chi connectivity index (χ2n) is 4.90. The van der Waals surface area contributed by atoms with E-state index in [1.165, 1.54) is 12.1 Å². The van der Waals surface area contributed by atoms with Crippen LogP contribution in [-0.4, -0.2) is 18.5 Å². The summed E-state index contributed by atoms with van der Waals surface area (Å²) >= 11 is 0. The largest absolute Gasteiger partial charge is 0.348 e. The molecular weight excluding hydrogens is 250 g/mol. The monoisotopic (exact) mass is 268 g/mol. The summed E-state index contributed by atoms with van der Waals surface area (Å²) in [5.41, 5.74) is 0.297. The summed E-state index contributed by atoms with van der Waals surface area (Å²) in [5.74, 6) is -1.38. The van der Waals surface area contributed by atoms with E-state index in [9.17, 15) is 13.6 Å². The average molecular weight is 268 g/mol. The van der Waals surface area contributed by atoms with E-state index in [1.807, 2.05) is 0 Å². The van der Waals surface area contributed by atoms with Gasteiger partial charge in [-0.15, -0.1) is 0 Å². The number of amides is 1. The molecule has 0 aromatic heterocycles. The number of hydrogen-bond acceptors (Lipinski definition) is 2. The smallest absolute Gasteiger partial charge is 0.237 e. The molecular formula is C14H18F2N2O. The van der Waals surface area contributed by atoms with Gasteiger partial charge in [0.05, 0.1) is 12.1 Å². The number of halogens is 2. The summed E-state index contributed by atoms with van der Waals surface area (Å²) in [7, 11) is 0. The molecule has 2 unspecified atom stereocenters. The third-order valence-corrected chi connectivity index (χ3v) is 3.41. The van der Waals surface area contributed by atoms with Crippen LogP contribution in [0.2, 0.25) is 0 Å². The zero-order valence-electron chi connectivity index (χ0n) is 10.9. The number of nitrogens with one attached hydrogen (secondary N) is 2. The van der Waals surface area contributed by atoms with E-state index in [0.29, 0.717) is 5.56 Å². The lowest BCUT2D eigenvalue weighted by molar-refractivity contribution is -0.124. The molecule has 0 radical (unpaired) electrons. The maximum atomic E-state index is 13.6. The fourth-order valence-electron chi connectivity index (χ4n) is 2.32. The minimum absolute atomic E-state index is 0.129. The molecule has 1 aromatic carbocycles. The maximum Gasteiger partial charge on any atom is 0.237 e. The molecule has 1 saturated heterocycles. The molecule has 0 spiro atoms. The van der Waals surface area contributed by atoms with E-state index >= 15 is 0 Å². The van der Waals surface area contributed by atoms with Crippen LogP contribution < -0.4 is 10.6 Å². The van der Waals surface area contributed by atoms with Crippen molar-refractivity contribution in [1.29, 1.82) is 0 Å². The van der Waals surface area contributed by atoms with Crippen molar-refractivity contribution in [3.05, 3.63) is 35.4 Å². The van der Waals surface area contributed by atoms with Crippen LogP contribution in [0.3, 0.4) is 0 Å². The average Bonchev–Trinajstić information content (AvgIpc) is 2.39. The van der Waals surface area contributed by atoms with Crippen molar-refractivity contribution >= 4 is 5.91 Å². The quantitative estimate of drug-likeness (QED) is 0.883. The molecule has 1 aromatic rings. The van der Waals surface area contributed by atoms with Crippen molar-refractivity contribution in [3.63, 3.8) is 0 Å². The number of benzene rings is 1. The number of carbonyl (C=O) groups is 1. The van der Waals surface area contributed by atoms with Gasteiger partial charge in [0.1, 0.15) is 11.6 Å². The van der Waals surface area contributed by atoms with Gasteiger partial charge in [-0.2, -0.15) is 0 Å². The Balaban J connectivity index is 1.99. The molecule has 1 aliphatic heterocycles. The zero-order chi connectivity index (χ0) is 13.8. The van der Waals surface area contributed by atoms with Crippen molar-refractivity contribution in [2.45, 2.75) is 38.3 Å². The van der Waals surface area contributed by atoms with Gasteiger partial charge in [-0.25, -0.2) is 8.78 Å². The van der Waals surface area contributed by atoms with Crippen LogP contribution in [0, 0.1) is 11.6 Å². The Kier molecular flexibility index (Phi) is 4.47. The number of rotatable bonds is 3. The van der Waals surface area contributed by atoms with Crippen molar-refractivity contribution in [1.82, 2.24) is 10.6 Å². The summed E-state index contributed by atoms with van der Waals surface area (Å²) in [6.07, 6.45) is 2.89. The van der Waals surface area contributed by atoms with Crippen LogP contribution >= 0.6 is 0 Å². The molecule has 1 heterocycles. The number of hydrogen-bond donors (Lipinski definition) is 2. The summed E-state index contributed by atoms with van der Waals surface area (Å²) in [4.78, 5) is 12.0. The highest BCUT2D eigenvalue weighted by molar-refractivity contribution is 5.82. The highest BCUT2D eigenvalue weighted by atomic mass is 19.1. The highest BCUT2D eigenvalue weighted by Gasteiger charge is 2.22. The molecule has 1 amide bonds. The number of piperidine rings is 1. The van der Waals surface area contributed by atoms with Gasteiger partial charge >= 0.3 is 0 Å².